The topological polar surface area (TPSA) is 92.7 Å². The molecule has 1 aliphatic rings. The normalized spacial score (nSPS) is 14.2. The first-order valence-electron chi connectivity index (χ1n) is 12.3. The fourth-order valence-electron chi connectivity index (χ4n) is 5.21. The number of aromatic nitrogens is 4. The third-order valence-corrected chi connectivity index (χ3v) is 7.29. The Morgan fingerprint density at radius 1 is 1.03 bits per heavy atom. The molecule has 2 N–H and O–H groups in total. The van der Waals surface area contributed by atoms with Gasteiger partial charge in [-0.15, -0.1) is 0 Å². The van der Waals surface area contributed by atoms with Crippen molar-refractivity contribution in [1.82, 2.24) is 19.5 Å². The van der Waals surface area contributed by atoms with Crippen LogP contribution in [0.2, 0.25) is 5.02 Å². The molecule has 8 heteroatoms. The smallest absolute Gasteiger partial charge is 0.263 e. The summed E-state index contributed by atoms with van der Waals surface area (Å²) in [6.45, 7) is 1.90. The van der Waals surface area contributed by atoms with Crippen LogP contribution in [-0.2, 0) is 0 Å². The number of allylic oxidation sites excluding steroid dienone is 2. The molecule has 1 aliphatic carbocycles. The molecule has 0 unspecified atom stereocenters. The van der Waals surface area contributed by atoms with E-state index in [4.69, 9.17) is 11.6 Å². The summed E-state index contributed by atoms with van der Waals surface area (Å²) in [5.41, 5.74) is 3.50. The van der Waals surface area contributed by atoms with Gasteiger partial charge in [-0.1, -0.05) is 54.1 Å². The lowest BCUT2D eigenvalue weighted by Crippen LogP contribution is -2.27. The van der Waals surface area contributed by atoms with Crippen LogP contribution in [0.5, 0.6) is 0 Å². The van der Waals surface area contributed by atoms with Crippen LogP contribution in [0, 0.1) is 0 Å². The number of para-hydroxylation sites is 1. The van der Waals surface area contributed by atoms with Crippen LogP contribution >= 0.6 is 11.6 Å². The number of hydrogen-bond acceptors (Lipinski definition) is 5. The molecule has 0 bridgehead atoms. The number of benzene rings is 2. The standard InChI is InChI=1S/C29H24ClN5O2/c1-17(34-28-24-22(36)14-15-31-27(24)32-16-33-28)26-25(30)21-13-7-12-20(18-8-5-6-9-18)23(21)29(37)35(26)19-10-3-2-4-11-19/h2-4,7-8,10-17H,5-6,9H2,1H3,(H2,31,32,33,34,36)/t17-/m0/s1. The second-order valence-electron chi connectivity index (χ2n) is 9.18. The molecular formula is C29H24ClN5O2. The highest BCUT2D eigenvalue weighted by molar-refractivity contribution is 6.36. The quantitative estimate of drug-likeness (QED) is 0.302. The van der Waals surface area contributed by atoms with Crippen molar-refractivity contribution in [3.8, 4) is 5.69 Å². The predicted molar refractivity (Wildman–Crippen MR) is 149 cm³/mol. The van der Waals surface area contributed by atoms with E-state index in [0.717, 1.165) is 24.8 Å². The molecule has 6 rings (SSSR count). The SMILES string of the molecule is C[C@H](Nc1ncnc2[nH]ccc(=O)c12)c1c(Cl)c2cccc(C3=CCCC3)c2c(=O)n1-c1ccccc1. The van der Waals surface area contributed by atoms with Crippen LogP contribution in [0.25, 0.3) is 33.1 Å². The largest absolute Gasteiger partial charge is 0.361 e. The van der Waals surface area contributed by atoms with Crippen molar-refractivity contribution in [2.45, 2.75) is 32.2 Å². The summed E-state index contributed by atoms with van der Waals surface area (Å²) in [5.74, 6) is 0.368. The number of nitrogens with one attached hydrogen (secondary N) is 2. The third-order valence-electron chi connectivity index (χ3n) is 6.90. The molecule has 0 amide bonds. The van der Waals surface area contributed by atoms with Gasteiger partial charge < -0.3 is 10.3 Å². The number of nitrogens with zero attached hydrogens (tertiary/aromatic N) is 3. The first kappa shape index (κ1) is 23.2. The number of fused-ring (bicyclic) bond motifs is 2. The first-order valence-corrected chi connectivity index (χ1v) is 12.6. The summed E-state index contributed by atoms with van der Waals surface area (Å²) in [6, 6.07) is 16.3. The summed E-state index contributed by atoms with van der Waals surface area (Å²) in [5, 5.41) is 5.47. The molecule has 37 heavy (non-hydrogen) atoms. The summed E-state index contributed by atoms with van der Waals surface area (Å²) in [4.78, 5) is 38.4. The highest BCUT2D eigenvalue weighted by atomic mass is 35.5. The molecule has 184 valence electrons. The Morgan fingerprint density at radius 2 is 1.86 bits per heavy atom. The second kappa shape index (κ2) is 9.33. The van der Waals surface area contributed by atoms with Gasteiger partial charge in [0.15, 0.2) is 5.43 Å². The zero-order chi connectivity index (χ0) is 25.5. The van der Waals surface area contributed by atoms with Crippen LogP contribution in [-0.4, -0.2) is 19.5 Å². The molecule has 0 saturated heterocycles. The number of pyridine rings is 2. The van der Waals surface area contributed by atoms with E-state index in [2.05, 4.69) is 26.3 Å². The average molecular weight is 510 g/mol. The molecule has 1 atom stereocenters. The number of H-pyrrole nitrogens is 1. The molecule has 7 nitrogen and oxygen atoms in total. The van der Waals surface area contributed by atoms with E-state index >= 15 is 0 Å². The molecule has 3 heterocycles. The van der Waals surface area contributed by atoms with Gasteiger partial charge in [0.05, 0.1) is 22.1 Å². The van der Waals surface area contributed by atoms with Crippen molar-refractivity contribution in [1.29, 1.82) is 0 Å². The van der Waals surface area contributed by atoms with E-state index in [-0.39, 0.29) is 11.0 Å². The highest BCUT2D eigenvalue weighted by Crippen LogP contribution is 2.37. The van der Waals surface area contributed by atoms with Crippen molar-refractivity contribution in [2.75, 3.05) is 5.32 Å². The second-order valence-corrected chi connectivity index (χ2v) is 9.56. The monoisotopic (exact) mass is 509 g/mol. The Kier molecular flexibility index (Phi) is 5.85. The summed E-state index contributed by atoms with van der Waals surface area (Å²) in [7, 11) is 0. The van der Waals surface area contributed by atoms with Gasteiger partial charge in [0.2, 0.25) is 0 Å². The van der Waals surface area contributed by atoms with E-state index in [9.17, 15) is 9.59 Å². The Morgan fingerprint density at radius 3 is 2.65 bits per heavy atom. The summed E-state index contributed by atoms with van der Waals surface area (Å²) < 4.78 is 1.68. The Balaban J connectivity index is 1.61. The van der Waals surface area contributed by atoms with Crippen LogP contribution in [0.15, 0.2) is 82.8 Å². The highest BCUT2D eigenvalue weighted by Gasteiger charge is 2.25. The lowest BCUT2D eigenvalue weighted by Gasteiger charge is -2.24. The van der Waals surface area contributed by atoms with Crippen LogP contribution in [0.4, 0.5) is 5.82 Å². The third kappa shape index (κ3) is 3.92. The van der Waals surface area contributed by atoms with Gasteiger partial charge in [-0.2, -0.15) is 0 Å². The van der Waals surface area contributed by atoms with E-state index in [0.29, 0.717) is 44.0 Å². The van der Waals surface area contributed by atoms with Crippen molar-refractivity contribution in [2.24, 2.45) is 0 Å². The van der Waals surface area contributed by atoms with Crippen molar-refractivity contribution in [3.63, 3.8) is 0 Å². The fraction of sp³-hybridized carbons (Fsp3) is 0.172. The fourth-order valence-corrected chi connectivity index (χ4v) is 5.62. The number of rotatable bonds is 5. The molecule has 0 radical (unpaired) electrons. The zero-order valence-electron chi connectivity index (χ0n) is 20.2. The Bertz CT molecular complexity index is 1800. The van der Waals surface area contributed by atoms with Gasteiger partial charge in [-0.05, 0) is 49.5 Å². The first-order chi connectivity index (χ1) is 18.0. The molecule has 0 saturated carbocycles. The lowest BCUT2D eigenvalue weighted by atomic mass is 9.97. The Hall–Kier alpha value is -4.23. The van der Waals surface area contributed by atoms with Crippen LogP contribution in [0.3, 0.4) is 0 Å². The van der Waals surface area contributed by atoms with E-state index < -0.39 is 6.04 Å². The average Bonchev–Trinajstić information content (AvgIpc) is 3.46. The van der Waals surface area contributed by atoms with E-state index in [1.54, 1.807) is 10.8 Å². The molecule has 5 aromatic rings. The maximum absolute atomic E-state index is 14.3. The van der Waals surface area contributed by atoms with Gasteiger partial charge in [0.25, 0.3) is 5.56 Å². The molecule has 3 aromatic heterocycles. The molecule has 2 aromatic carbocycles. The minimum atomic E-state index is -0.475. The minimum Gasteiger partial charge on any atom is -0.361 e. The van der Waals surface area contributed by atoms with Crippen molar-refractivity contribution >= 4 is 44.8 Å². The van der Waals surface area contributed by atoms with Gasteiger partial charge in [-0.3, -0.25) is 14.2 Å². The maximum Gasteiger partial charge on any atom is 0.263 e. The molecular weight excluding hydrogens is 486 g/mol. The molecule has 0 spiro atoms. The molecule has 0 fully saturated rings. The summed E-state index contributed by atoms with van der Waals surface area (Å²) >= 11 is 7.14. The number of hydrogen-bond donors (Lipinski definition) is 2. The van der Waals surface area contributed by atoms with Crippen molar-refractivity contribution in [3.05, 3.63) is 110 Å². The van der Waals surface area contributed by atoms with Crippen LogP contribution < -0.4 is 16.3 Å². The van der Waals surface area contributed by atoms with Gasteiger partial charge >= 0.3 is 0 Å². The van der Waals surface area contributed by atoms with Gasteiger partial charge in [0, 0.05) is 23.3 Å². The number of halogens is 1. The van der Waals surface area contributed by atoms with E-state index in [1.807, 2.05) is 55.5 Å². The zero-order valence-corrected chi connectivity index (χ0v) is 20.9. The summed E-state index contributed by atoms with van der Waals surface area (Å²) in [6.07, 6.45) is 8.19. The van der Waals surface area contributed by atoms with E-state index in [1.165, 1.54) is 18.0 Å². The molecule has 0 aliphatic heterocycles. The van der Waals surface area contributed by atoms with Crippen molar-refractivity contribution < 1.29 is 0 Å². The number of anilines is 1. The van der Waals surface area contributed by atoms with Crippen LogP contribution in [0.1, 0.15) is 43.5 Å². The predicted octanol–water partition coefficient (Wildman–Crippen LogP) is 6.02. The number of aromatic amines is 1. The maximum atomic E-state index is 14.3. The van der Waals surface area contributed by atoms with Gasteiger partial charge in [-0.25, -0.2) is 9.97 Å². The van der Waals surface area contributed by atoms with Gasteiger partial charge in [0.1, 0.15) is 23.2 Å². The lowest BCUT2D eigenvalue weighted by molar-refractivity contribution is 0.774. The minimum absolute atomic E-state index is 0.136. The Labute approximate surface area is 217 Å².